The van der Waals surface area contributed by atoms with Crippen LogP contribution in [0.25, 0.3) is 42.7 Å². The van der Waals surface area contributed by atoms with Gasteiger partial charge in [-0.3, -0.25) is 4.79 Å². The minimum absolute atomic E-state index is 0. The Balaban J connectivity index is 0.000000366. The Kier molecular flexibility index (Phi) is 21.5. The molecule has 0 unspecified atom stereocenters. The van der Waals surface area contributed by atoms with E-state index in [4.69, 9.17) is 9.47 Å². The lowest BCUT2D eigenvalue weighted by atomic mass is 10.1. The van der Waals surface area contributed by atoms with Gasteiger partial charge in [-0.25, -0.2) is 28.7 Å². The first-order valence-electron chi connectivity index (χ1n) is 18.4. The molecule has 14 nitrogen and oxygen atoms in total. The SMILES string of the molecule is CC(C)=O.CSc1ccc(-c2csc3c(OC4CCN(C(C)=O)CC4)ncnc23)c(F)c1.CSc1ccc(-c2csc3c(OC4CCNCC4)ncnc23)c(F)c1.O.O.O.O. The smallest absolute Gasteiger partial charge is 0.235 e. The van der Waals surface area contributed by atoms with Crippen LogP contribution in [0.4, 0.5) is 8.78 Å². The van der Waals surface area contributed by atoms with Crippen molar-refractivity contribution in [2.45, 2.75) is 68.5 Å². The fourth-order valence-corrected chi connectivity index (χ4v) is 9.16. The van der Waals surface area contributed by atoms with Crippen LogP contribution in [-0.2, 0) is 9.59 Å². The highest BCUT2D eigenvalue weighted by Gasteiger charge is 2.25. The molecule has 8 rings (SSSR count). The topological polar surface area (TPSA) is 245 Å². The van der Waals surface area contributed by atoms with E-state index in [1.165, 1.54) is 72.7 Å². The molecule has 0 saturated carbocycles. The molecule has 4 aromatic heterocycles. The number of carbonyl (C=O) groups excluding carboxylic acids is 2. The second kappa shape index (κ2) is 24.9. The second-order valence-corrected chi connectivity index (χ2v) is 17.0. The van der Waals surface area contributed by atoms with E-state index in [9.17, 15) is 18.4 Å². The maximum Gasteiger partial charge on any atom is 0.235 e. The fraction of sp³-hybridized carbons (Fsp3) is 0.366. The lowest BCUT2D eigenvalue weighted by molar-refractivity contribution is -0.130. The van der Waals surface area contributed by atoms with Crippen LogP contribution in [0.15, 0.2) is 69.6 Å². The minimum atomic E-state index is -0.260. The highest BCUT2D eigenvalue weighted by Crippen LogP contribution is 2.40. The monoisotopic (exact) mass is 922 g/mol. The van der Waals surface area contributed by atoms with Gasteiger partial charge in [-0.2, -0.15) is 0 Å². The number of nitrogens with zero attached hydrogens (tertiary/aromatic N) is 5. The van der Waals surface area contributed by atoms with Crippen molar-refractivity contribution in [2.75, 3.05) is 38.7 Å². The number of Topliss-reactive ketones (excluding diaryl/α,β-unsaturated/α-hetero) is 1. The summed E-state index contributed by atoms with van der Waals surface area (Å²) in [5.74, 6) is 0.911. The maximum atomic E-state index is 14.6. The summed E-state index contributed by atoms with van der Waals surface area (Å²) in [6, 6.07) is 10.6. The highest BCUT2D eigenvalue weighted by molar-refractivity contribution is 7.98. The number of halogens is 2. The number of thioether (sulfide) groups is 2. The summed E-state index contributed by atoms with van der Waals surface area (Å²) in [6.45, 7) is 7.95. The maximum absolute atomic E-state index is 14.6. The lowest BCUT2D eigenvalue weighted by Crippen LogP contribution is -2.40. The van der Waals surface area contributed by atoms with E-state index >= 15 is 0 Å². The van der Waals surface area contributed by atoms with Gasteiger partial charge in [0.1, 0.15) is 51.7 Å². The van der Waals surface area contributed by atoms with Gasteiger partial charge in [0.15, 0.2) is 0 Å². The number of rotatable bonds is 8. The summed E-state index contributed by atoms with van der Waals surface area (Å²) in [7, 11) is 0. The van der Waals surface area contributed by atoms with Gasteiger partial charge in [-0.15, -0.1) is 46.2 Å². The molecule has 332 valence electrons. The Hall–Kier alpha value is -4.38. The van der Waals surface area contributed by atoms with Gasteiger partial charge in [0, 0.05) is 75.7 Å². The molecule has 9 N–H and O–H groups in total. The number of fused-ring (bicyclic) bond motifs is 2. The van der Waals surface area contributed by atoms with Crippen molar-refractivity contribution in [2.24, 2.45) is 0 Å². The van der Waals surface area contributed by atoms with E-state index in [1.54, 1.807) is 25.1 Å². The third-order valence-corrected chi connectivity index (χ3v) is 12.7. The first kappa shape index (κ1) is 52.8. The molecule has 0 spiro atoms. The summed E-state index contributed by atoms with van der Waals surface area (Å²) >= 11 is 6.00. The first-order chi connectivity index (χ1) is 27.6. The average Bonchev–Trinajstić information content (AvgIpc) is 3.84. The number of amides is 1. The molecule has 0 aliphatic carbocycles. The number of aromatic nitrogens is 4. The average molecular weight is 923 g/mol. The third kappa shape index (κ3) is 13.3. The van der Waals surface area contributed by atoms with Gasteiger partial charge in [-0.05, 0) is 76.6 Å². The highest BCUT2D eigenvalue weighted by atomic mass is 32.2. The van der Waals surface area contributed by atoms with Crippen LogP contribution >= 0.6 is 46.2 Å². The summed E-state index contributed by atoms with van der Waals surface area (Å²) in [4.78, 5) is 42.0. The standard InChI is InChI=1S/C20H20FN3O2S2.C18H18FN3OS2.C3H6O.4H2O/c1-12(25)24-7-5-13(6-8-24)26-20-19-18(22-11-23-20)16(10-28-19)15-4-3-14(27-2)9-17(15)21;1-24-12-2-3-13(15(19)8-12)14-9-25-17-16(14)21-10-22-18(17)23-11-4-6-20-7-5-11;1-3(2)4;;;;/h3-4,9-11,13H,5-8H2,1-2H3;2-3,8-11,20H,4-7H2,1H3;1-2H3;4*1H2. The number of likely N-dealkylation sites (tertiary alicyclic amines) is 1. The molecule has 2 aliphatic rings. The van der Waals surface area contributed by atoms with E-state index in [2.05, 4.69) is 25.3 Å². The number of piperidine rings is 2. The fourth-order valence-electron chi connectivity index (χ4n) is 6.41. The largest absolute Gasteiger partial charge is 0.473 e. The number of hydrogen-bond donors (Lipinski definition) is 1. The molecule has 6 heterocycles. The first-order valence-corrected chi connectivity index (χ1v) is 22.7. The zero-order valence-electron chi connectivity index (χ0n) is 34.3. The number of nitrogens with one attached hydrogen (secondary N) is 1. The Morgan fingerprint density at radius 2 is 1.08 bits per heavy atom. The summed E-state index contributed by atoms with van der Waals surface area (Å²) in [6.07, 6.45) is 10.5. The van der Waals surface area contributed by atoms with Crippen LogP contribution in [0, 0.1) is 11.6 Å². The molecule has 0 radical (unpaired) electrons. The molecular weight excluding hydrogens is 871 g/mol. The normalized spacial score (nSPS) is 13.8. The molecule has 0 bridgehead atoms. The number of thiophene rings is 2. The molecule has 61 heavy (non-hydrogen) atoms. The van der Waals surface area contributed by atoms with E-state index in [1.807, 2.05) is 46.4 Å². The lowest BCUT2D eigenvalue weighted by Gasteiger charge is -2.31. The molecule has 1 amide bonds. The van der Waals surface area contributed by atoms with Crippen LogP contribution in [0.5, 0.6) is 11.8 Å². The van der Waals surface area contributed by atoms with Crippen LogP contribution < -0.4 is 14.8 Å². The van der Waals surface area contributed by atoms with Crippen molar-refractivity contribution in [3.63, 3.8) is 0 Å². The van der Waals surface area contributed by atoms with Crippen molar-refractivity contribution in [1.82, 2.24) is 30.2 Å². The van der Waals surface area contributed by atoms with Crippen molar-refractivity contribution < 1.29 is 49.7 Å². The predicted molar refractivity (Wildman–Crippen MR) is 242 cm³/mol. The summed E-state index contributed by atoms with van der Waals surface area (Å²) in [5.41, 5.74) is 4.09. The molecule has 6 aromatic rings. The quantitative estimate of drug-likeness (QED) is 0.167. The number of benzene rings is 2. The van der Waals surface area contributed by atoms with Crippen molar-refractivity contribution in [3.05, 3.63) is 71.4 Å². The Morgan fingerprint density at radius 1 is 0.672 bits per heavy atom. The number of carbonyl (C=O) groups is 2. The van der Waals surface area contributed by atoms with Gasteiger partial charge >= 0.3 is 0 Å². The van der Waals surface area contributed by atoms with Crippen molar-refractivity contribution >= 4 is 78.3 Å². The van der Waals surface area contributed by atoms with E-state index < -0.39 is 0 Å². The van der Waals surface area contributed by atoms with Gasteiger partial charge in [0.2, 0.25) is 17.7 Å². The van der Waals surface area contributed by atoms with Gasteiger partial charge in [0.05, 0.1) is 11.0 Å². The molecule has 2 aliphatic heterocycles. The van der Waals surface area contributed by atoms with Crippen molar-refractivity contribution in [3.8, 4) is 34.0 Å². The van der Waals surface area contributed by atoms with Crippen LogP contribution in [0.3, 0.4) is 0 Å². The van der Waals surface area contributed by atoms with Gasteiger partial charge in [0.25, 0.3) is 0 Å². The summed E-state index contributed by atoms with van der Waals surface area (Å²) < 4.78 is 43.0. The molecular formula is C41H52F2N6O8S4. The van der Waals surface area contributed by atoms with E-state index in [0.29, 0.717) is 41.5 Å². The Bertz CT molecular complexity index is 2340. The van der Waals surface area contributed by atoms with Gasteiger partial charge in [-0.1, -0.05) is 12.1 Å². The minimum Gasteiger partial charge on any atom is -0.473 e. The van der Waals surface area contributed by atoms with E-state index in [-0.39, 0.29) is 57.4 Å². The second-order valence-electron chi connectivity index (χ2n) is 13.5. The van der Waals surface area contributed by atoms with Crippen LogP contribution in [0.1, 0.15) is 46.5 Å². The molecule has 20 heteroatoms. The zero-order chi connectivity index (χ0) is 40.5. The van der Waals surface area contributed by atoms with Crippen LogP contribution in [-0.4, -0.2) is 109 Å². The molecule has 2 saturated heterocycles. The molecule has 2 aromatic carbocycles. The van der Waals surface area contributed by atoms with Crippen LogP contribution in [0.2, 0.25) is 0 Å². The Morgan fingerprint density at radius 3 is 1.46 bits per heavy atom. The third-order valence-electron chi connectivity index (χ3n) is 9.30. The zero-order valence-corrected chi connectivity index (χ0v) is 37.6. The molecule has 2 fully saturated rings. The predicted octanol–water partition coefficient (Wildman–Crippen LogP) is 6.26. The van der Waals surface area contributed by atoms with E-state index in [0.717, 1.165) is 74.6 Å². The van der Waals surface area contributed by atoms with Gasteiger partial charge < -0.3 is 46.4 Å². The number of hydrogen-bond acceptors (Lipinski definition) is 13. The number of ketones is 1. The number of ether oxygens (including phenoxy) is 2. The summed E-state index contributed by atoms with van der Waals surface area (Å²) in [5, 5.41) is 7.17. The molecule has 0 atom stereocenters. The van der Waals surface area contributed by atoms with Crippen molar-refractivity contribution in [1.29, 1.82) is 0 Å². The Labute approximate surface area is 369 Å².